The van der Waals surface area contributed by atoms with Gasteiger partial charge in [0.1, 0.15) is 11.2 Å². The summed E-state index contributed by atoms with van der Waals surface area (Å²) in [5, 5.41) is 0. The number of hydrogen-bond donors (Lipinski definition) is 0. The summed E-state index contributed by atoms with van der Waals surface area (Å²) < 4.78 is 5.00. The van der Waals surface area contributed by atoms with Crippen LogP contribution >= 0.6 is 0 Å². The smallest absolute Gasteiger partial charge is 0.146 e. The van der Waals surface area contributed by atoms with E-state index in [0.29, 0.717) is 0 Å². The molecule has 2 atom stereocenters. The summed E-state index contributed by atoms with van der Waals surface area (Å²) in [7, 11) is 2.23. The molecule has 2 unspecified atom stereocenters. The third kappa shape index (κ3) is 1.62. The van der Waals surface area contributed by atoms with E-state index in [1.807, 2.05) is 0 Å². The summed E-state index contributed by atoms with van der Waals surface area (Å²) in [5.41, 5.74) is 8.01. The summed E-state index contributed by atoms with van der Waals surface area (Å²) in [6.07, 6.45) is 8.38. The third-order valence-corrected chi connectivity index (χ3v) is 7.10. The van der Waals surface area contributed by atoms with Crippen LogP contribution in [0.1, 0.15) is 63.6 Å². The average molecular weight is 309 g/mol. The minimum absolute atomic E-state index is 0.111. The molecule has 2 heteroatoms. The van der Waals surface area contributed by atoms with Crippen molar-refractivity contribution in [2.45, 2.75) is 70.8 Å². The molecule has 122 valence electrons. The standard InChI is InChI=1S/C21H29N2/c1-6-20(3)17-13-9-11-15-10-8-12-16-14-22(5)23(19(16)18(15)17)21(20,4)7-2/h9,11,13-14H,6-8,10,12H2,1-5H3/q+1. The van der Waals surface area contributed by atoms with Gasteiger partial charge in [0.25, 0.3) is 0 Å². The van der Waals surface area contributed by atoms with Crippen LogP contribution in [0.2, 0.25) is 0 Å². The van der Waals surface area contributed by atoms with E-state index in [1.54, 1.807) is 16.7 Å². The van der Waals surface area contributed by atoms with Crippen molar-refractivity contribution in [3.8, 4) is 11.3 Å². The van der Waals surface area contributed by atoms with Gasteiger partial charge in [-0.3, -0.25) is 0 Å². The Morgan fingerprint density at radius 1 is 1.09 bits per heavy atom. The topological polar surface area (TPSA) is 8.81 Å². The zero-order valence-corrected chi connectivity index (χ0v) is 15.2. The molecular formula is C21H29N2+. The molecule has 0 N–H and O–H groups in total. The Hall–Kier alpha value is -1.57. The van der Waals surface area contributed by atoms with Crippen LogP contribution in [0.3, 0.4) is 0 Å². The number of rotatable bonds is 2. The SMILES string of the molecule is CCC1(C)c2cccc3c2-c2c(c[n+](C)n2C1(C)CC)CCC3. The third-order valence-electron chi connectivity index (χ3n) is 7.10. The number of nitrogens with zero attached hydrogens (tertiary/aromatic N) is 2. The molecule has 0 amide bonds. The van der Waals surface area contributed by atoms with Gasteiger partial charge in [-0.25, -0.2) is 0 Å². The van der Waals surface area contributed by atoms with Crippen molar-refractivity contribution >= 4 is 0 Å². The van der Waals surface area contributed by atoms with E-state index >= 15 is 0 Å². The molecule has 1 aliphatic heterocycles. The average Bonchev–Trinajstić information content (AvgIpc) is 2.78. The minimum Gasteiger partial charge on any atom is -0.146 e. The summed E-state index contributed by atoms with van der Waals surface area (Å²) in [4.78, 5) is 0. The Morgan fingerprint density at radius 2 is 1.83 bits per heavy atom. The fourth-order valence-corrected chi connectivity index (χ4v) is 5.33. The van der Waals surface area contributed by atoms with Gasteiger partial charge in [0.2, 0.25) is 0 Å². The molecule has 2 heterocycles. The lowest BCUT2D eigenvalue weighted by atomic mass is 9.60. The first-order valence-electron chi connectivity index (χ1n) is 9.21. The quantitative estimate of drug-likeness (QED) is 0.732. The van der Waals surface area contributed by atoms with E-state index in [9.17, 15) is 0 Å². The van der Waals surface area contributed by atoms with E-state index in [2.05, 4.69) is 68.5 Å². The van der Waals surface area contributed by atoms with Gasteiger partial charge in [-0.2, -0.15) is 0 Å². The van der Waals surface area contributed by atoms with Crippen molar-refractivity contribution in [2.75, 3.05) is 0 Å². The summed E-state index contributed by atoms with van der Waals surface area (Å²) in [5.74, 6) is 0. The van der Waals surface area contributed by atoms with Gasteiger partial charge in [0, 0.05) is 16.5 Å². The van der Waals surface area contributed by atoms with Gasteiger partial charge in [-0.05, 0) is 50.2 Å². The molecule has 1 aromatic heterocycles. The Morgan fingerprint density at radius 3 is 2.52 bits per heavy atom. The van der Waals surface area contributed by atoms with Gasteiger partial charge in [-0.15, -0.1) is 9.36 Å². The molecule has 0 saturated carbocycles. The van der Waals surface area contributed by atoms with Crippen molar-refractivity contribution in [1.82, 2.24) is 4.68 Å². The molecule has 0 radical (unpaired) electrons. The van der Waals surface area contributed by atoms with E-state index in [0.717, 1.165) is 6.42 Å². The molecule has 0 bridgehead atoms. The summed E-state index contributed by atoms with van der Waals surface area (Å²) in [6, 6.07) is 7.06. The Kier molecular flexibility index (Phi) is 3.07. The normalized spacial score (nSPS) is 28.4. The molecule has 0 spiro atoms. The van der Waals surface area contributed by atoms with Gasteiger partial charge in [-0.1, -0.05) is 39.0 Å². The highest BCUT2D eigenvalue weighted by Gasteiger charge is 2.54. The summed E-state index contributed by atoms with van der Waals surface area (Å²) >= 11 is 0. The number of aromatic nitrogens is 2. The highest BCUT2D eigenvalue weighted by Crippen LogP contribution is 2.54. The van der Waals surface area contributed by atoms with Crippen LogP contribution in [0.5, 0.6) is 0 Å². The minimum atomic E-state index is 0.111. The lowest BCUT2D eigenvalue weighted by Gasteiger charge is -2.49. The maximum absolute atomic E-state index is 2.63. The molecule has 2 nitrogen and oxygen atoms in total. The monoisotopic (exact) mass is 309 g/mol. The van der Waals surface area contributed by atoms with Crippen molar-refractivity contribution in [1.29, 1.82) is 0 Å². The van der Waals surface area contributed by atoms with Gasteiger partial charge >= 0.3 is 0 Å². The Bertz CT molecular complexity index is 785. The van der Waals surface area contributed by atoms with Crippen LogP contribution in [-0.4, -0.2) is 4.68 Å². The highest BCUT2D eigenvalue weighted by atomic mass is 15.4. The molecule has 4 rings (SSSR count). The maximum Gasteiger partial charge on any atom is 0.199 e. The second-order valence-corrected chi connectivity index (χ2v) is 7.89. The largest absolute Gasteiger partial charge is 0.199 e. The molecule has 2 aliphatic rings. The second kappa shape index (κ2) is 4.72. The molecular weight excluding hydrogens is 280 g/mol. The fraction of sp³-hybridized carbons (Fsp3) is 0.571. The molecule has 0 saturated heterocycles. The number of aryl methyl sites for hydroxylation is 3. The Balaban J connectivity index is 2.20. The van der Waals surface area contributed by atoms with Crippen LogP contribution in [0, 0.1) is 0 Å². The van der Waals surface area contributed by atoms with Crippen LogP contribution in [0.25, 0.3) is 11.3 Å². The van der Waals surface area contributed by atoms with Crippen LogP contribution in [0.4, 0.5) is 0 Å². The first-order valence-corrected chi connectivity index (χ1v) is 9.21. The van der Waals surface area contributed by atoms with Crippen LogP contribution in [-0.2, 0) is 30.8 Å². The molecule has 0 fully saturated rings. The van der Waals surface area contributed by atoms with Crippen molar-refractivity contribution in [2.24, 2.45) is 7.05 Å². The van der Waals surface area contributed by atoms with E-state index in [-0.39, 0.29) is 11.0 Å². The van der Waals surface area contributed by atoms with Crippen LogP contribution in [0.15, 0.2) is 24.4 Å². The molecule has 1 aliphatic carbocycles. The van der Waals surface area contributed by atoms with E-state index in [4.69, 9.17) is 0 Å². The lowest BCUT2D eigenvalue weighted by Crippen LogP contribution is -2.59. The first kappa shape index (κ1) is 15.0. The number of hydrogen-bond acceptors (Lipinski definition) is 0. The molecule has 1 aromatic carbocycles. The van der Waals surface area contributed by atoms with Crippen molar-refractivity contribution < 1.29 is 4.68 Å². The zero-order valence-electron chi connectivity index (χ0n) is 15.2. The van der Waals surface area contributed by atoms with E-state index < -0.39 is 0 Å². The van der Waals surface area contributed by atoms with Crippen LogP contribution < -0.4 is 4.68 Å². The Labute approximate surface area is 140 Å². The van der Waals surface area contributed by atoms with E-state index in [1.165, 1.54) is 36.9 Å². The highest BCUT2D eigenvalue weighted by molar-refractivity contribution is 5.75. The predicted molar refractivity (Wildman–Crippen MR) is 94.7 cm³/mol. The lowest BCUT2D eigenvalue weighted by molar-refractivity contribution is -0.761. The number of benzene rings is 1. The van der Waals surface area contributed by atoms with Crippen molar-refractivity contribution in [3.05, 3.63) is 41.1 Å². The zero-order chi connectivity index (χ0) is 16.4. The summed E-state index contributed by atoms with van der Waals surface area (Å²) in [6.45, 7) is 9.67. The van der Waals surface area contributed by atoms with Gasteiger partial charge in [0.05, 0.1) is 0 Å². The van der Waals surface area contributed by atoms with Crippen molar-refractivity contribution in [3.63, 3.8) is 0 Å². The first-order chi connectivity index (χ1) is 11.0. The van der Waals surface area contributed by atoms with Gasteiger partial charge < -0.3 is 0 Å². The second-order valence-electron chi connectivity index (χ2n) is 7.89. The predicted octanol–water partition coefficient (Wildman–Crippen LogP) is 4.27. The van der Waals surface area contributed by atoms with Gasteiger partial charge in [0.15, 0.2) is 13.2 Å². The molecule has 2 aromatic rings. The maximum atomic E-state index is 2.63. The molecule has 23 heavy (non-hydrogen) atoms. The fourth-order valence-electron chi connectivity index (χ4n) is 5.33.